The van der Waals surface area contributed by atoms with Gasteiger partial charge in [-0.05, 0) is 17.7 Å². The third-order valence-electron chi connectivity index (χ3n) is 2.34. The molecule has 0 atom stereocenters. The number of rotatable bonds is 5. The van der Waals surface area contributed by atoms with Gasteiger partial charge >= 0.3 is 0 Å². The number of aliphatic hydroxyl groups excluding tert-OH is 2. The van der Waals surface area contributed by atoms with Gasteiger partial charge in [0.2, 0.25) is 0 Å². The minimum Gasteiger partial charge on any atom is -0.494 e. The molecular formula is C16H20O3. The van der Waals surface area contributed by atoms with Crippen molar-refractivity contribution in [1.29, 1.82) is 0 Å². The highest BCUT2D eigenvalue weighted by Crippen LogP contribution is 2.07. The van der Waals surface area contributed by atoms with Crippen molar-refractivity contribution in [2.45, 2.75) is 13.0 Å². The Labute approximate surface area is 114 Å². The highest BCUT2D eigenvalue weighted by atomic mass is 16.5. The Bertz CT molecular complexity index is 415. The first-order chi connectivity index (χ1) is 9.36. The van der Waals surface area contributed by atoms with Crippen molar-refractivity contribution in [3.8, 4) is 5.75 Å². The van der Waals surface area contributed by atoms with Gasteiger partial charge in [-0.25, -0.2) is 0 Å². The van der Waals surface area contributed by atoms with Crippen LogP contribution in [0, 0.1) is 0 Å². The molecule has 0 saturated heterocycles. The van der Waals surface area contributed by atoms with Gasteiger partial charge in [-0.2, -0.15) is 0 Å². The first-order valence-electron chi connectivity index (χ1n) is 6.30. The maximum Gasteiger partial charge on any atom is 0.119 e. The van der Waals surface area contributed by atoms with Gasteiger partial charge in [0.25, 0.3) is 0 Å². The Balaban J connectivity index is 0.000000200. The zero-order valence-corrected chi connectivity index (χ0v) is 10.9. The Hall–Kier alpha value is -1.84. The van der Waals surface area contributed by atoms with Crippen LogP contribution in [0.2, 0.25) is 0 Å². The molecule has 0 saturated carbocycles. The summed E-state index contributed by atoms with van der Waals surface area (Å²) in [5.74, 6) is 0.862. The van der Waals surface area contributed by atoms with E-state index >= 15 is 0 Å². The molecule has 0 fully saturated rings. The van der Waals surface area contributed by atoms with Crippen LogP contribution in [0.25, 0.3) is 0 Å². The summed E-state index contributed by atoms with van der Waals surface area (Å²) in [5, 5.41) is 17.0. The van der Waals surface area contributed by atoms with Crippen molar-refractivity contribution >= 4 is 0 Å². The quantitative estimate of drug-likeness (QED) is 0.812. The van der Waals surface area contributed by atoms with Crippen LogP contribution in [-0.2, 0) is 6.61 Å². The lowest BCUT2D eigenvalue weighted by atomic mass is 10.2. The summed E-state index contributed by atoms with van der Waals surface area (Å²) in [6.45, 7) is 0.911. The second kappa shape index (κ2) is 10.1. The molecule has 0 heterocycles. The summed E-state index contributed by atoms with van der Waals surface area (Å²) in [6, 6.07) is 19.1. The van der Waals surface area contributed by atoms with E-state index in [-0.39, 0.29) is 13.2 Å². The van der Waals surface area contributed by atoms with Gasteiger partial charge in [0.1, 0.15) is 5.75 Å². The van der Waals surface area contributed by atoms with Crippen LogP contribution in [0.5, 0.6) is 5.75 Å². The summed E-state index contributed by atoms with van der Waals surface area (Å²) in [7, 11) is 0. The van der Waals surface area contributed by atoms with E-state index in [1.807, 2.05) is 60.7 Å². The Kier molecular flexibility index (Phi) is 8.10. The van der Waals surface area contributed by atoms with Crippen molar-refractivity contribution in [3.05, 3.63) is 66.2 Å². The molecule has 3 nitrogen and oxygen atoms in total. The van der Waals surface area contributed by atoms with Crippen molar-refractivity contribution in [2.24, 2.45) is 0 Å². The molecule has 19 heavy (non-hydrogen) atoms. The minimum atomic E-state index is 0.140. The molecule has 0 unspecified atom stereocenters. The normalized spacial score (nSPS) is 9.37. The zero-order valence-electron chi connectivity index (χ0n) is 10.9. The standard InChI is InChI=1S/C9H12O2.C7H8O/c10-7-4-8-11-9-5-2-1-3-6-9;8-6-7-4-2-1-3-5-7/h1-3,5-6,10H,4,7-8H2;1-5,8H,6H2. The van der Waals surface area contributed by atoms with Crippen molar-refractivity contribution in [1.82, 2.24) is 0 Å². The molecule has 0 radical (unpaired) electrons. The zero-order chi connectivity index (χ0) is 13.8. The highest BCUT2D eigenvalue weighted by molar-refractivity contribution is 5.20. The van der Waals surface area contributed by atoms with Gasteiger partial charge in [0.15, 0.2) is 0 Å². The monoisotopic (exact) mass is 260 g/mol. The van der Waals surface area contributed by atoms with E-state index < -0.39 is 0 Å². The van der Waals surface area contributed by atoms with Crippen molar-refractivity contribution < 1.29 is 14.9 Å². The molecule has 2 aromatic rings. The third-order valence-corrected chi connectivity index (χ3v) is 2.34. The molecule has 0 aliphatic carbocycles. The fourth-order valence-corrected chi connectivity index (χ4v) is 1.35. The molecule has 0 amide bonds. The molecule has 102 valence electrons. The van der Waals surface area contributed by atoms with Gasteiger partial charge in [-0.15, -0.1) is 0 Å². The number of benzene rings is 2. The van der Waals surface area contributed by atoms with Crippen LogP contribution in [0.15, 0.2) is 60.7 Å². The summed E-state index contributed by atoms with van der Waals surface area (Å²) >= 11 is 0. The van der Waals surface area contributed by atoms with E-state index in [2.05, 4.69) is 0 Å². The fourth-order valence-electron chi connectivity index (χ4n) is 1.35. The summed E-state index contributed by atoms with van der Waals surface area (Å²) in [5.41, 5.74) is 0.965. The SMILES string of the molecule is OCCCOc1ccccc1.OCc1ccccc1. The maximum atomic E-state index is 8.54. The van der Waals surface area contributed by atoms with Gasteiger partial charge in [0.05, 0.1) is 13.2 Å². The smallest absolute Gasteiger partial charge is 0.119 e. The predicted molar refractivity (Wildman–Crippen MR) is 76.0 cm³/mol. The molecule has 0 spiro atoms. The number of hydrogen-bond acceptors (Lipinski definition) is 3. The average Bonchev–Trinajstić information content (AvgIpc) is 2.50. The fraction of sp³-hybridized carbons (Fsp3) is 0.250. The lowest BCUT2D eigenvalue weighted by molar-refractivity contribution is 0.233. The highest BCUT2D eigenvalue weighted by Gasteiger charge is 1.88. The van der Waals surface area contributed by atoms with Crippen LogP contribution in [0.1, 0.15) is 12.0 Å². The van der Waals surface area contributed by atoms with Crippen LogP contribution in [0.4, 0.5) is 0 Å². The van der Waals surface area contributed by atoms with Gasteiger partial charge in [-0.1, -0.05) is 48.5 Å². The first-order valence-corrected chi connectivity index (χ1v) is 6.30. The van der Waals surface area contributed by atoms with Gasteiger partial charge in [-0.3, -0.25) is 0 Å². The topological polar surface area (TPSA) is 49.7 Å². The number of aliphatic hydroxyl groups is 2. The number of hydrogen-bond donors (Lipinski definition) is 2. The number of para-hydroxylation sites is 1. The maximum absolute atomic E-state index is 8.54. The largest absolute Gasteiger partial charge is 0.494 e. The number of ether oxygens (including phenoxy) is 1. The summed E-state index contributed by atoms with van der Waals surface area (Å²) in [6.07, 6.45) is 0.689. The van der Waals surface area contributed by atoms with Crippen molar-refractivity contribution in [2.75, 3.05) is 13.2 Å². The second-order valence-electron chi connectivity index (χ2n) is 3.88. The van der Waals surface area contributed by atoms with Crippen LogP contribution in [-0.4, -0.2) is 23.4 Å². The Morgan fingerprint density at radius 3 is 1.84 bits per heavy atom. The molecule has 2 N–H and O–H groups in total. The molecule has 0 bridgehead atoms. The average molecular weight is 260 g/mol. The Morgan fingerprint density at radius 2 is 1.37 bits per heavy atom. The van der Waals surface area contributed by atoms with E-state index in [9.17, 15) is 0 Å². The van der Waals surface area contributed by atoms with E-state index in [0.29, 0.717) is 13.0 Å². The lowest BCUT2D eigenvalue weighted by Crippen LogP contribution is -1.98. The van der Waals surface area contributed by atoms with E-state index in [0.717, 1.165) is 11.3 Å². The van der Waals surface area contributed by atoms with E-state index in [1.165, 1.54) is 0 Å². The molecule has 0 aliphatic rings. The summed E-state index contributed by atoms with van der Waals surface area (Å²) < 4.78 is 5.29. The molecule has 2 rings (SSSR count). The molecule has 3 heteroatoms. The summed E-state index contributed by atoms with van der Waals surface area (Å²) in [4.78, 5) is 0. The van der Waals surface area contributed by atoms with Gasteiger partial charge in [0, 0.05) is 13.0 Å². The second-order valence-corrected chi connectivity index (χ2v) is 3.88. The predicted octanol–water partition coefficient (Wildman–Crippen LogP) is 2.63. The molecule has 2 aromatic carbocycles. The van der Waals surface area contributed by atoms with Crippen LogP contribution < -0.4 is 4.74 Å². The van der Waals surface area contributed by atoms with E-state index in [1.54, 1.807) is 0 Å². The third kappa shape index (κ3) is 7.24. The molecule has 0 aliphatic heterocycles. The first kappa shape index (κ1) is 15.2. The molecular weight excluding hydrogens is 240 g/mol. The van der Waals surface area contributed by atoms with Crippen LogP contribution in [0.3, 0.4) is 0 Å². The molecule has 0 aromatic heterocycles. The Morgan fingerprint density at radius 1 is 0.789 bits per heavy atom. The van der Waals surface area contributed by atoms with E-state index in [4.69, 9.17) is 14.9 Å². The van der Waals surface area contributed by atoms with Gasteiger partial charge < -0.3 is 14.9 Å². The minimum absolute atomic E-state index is 0.140. The van der Waals surface area contributed by atoms with Crippen LogP contribution >= 0.6 is 0 Å². The lowest BCUT2D eigenvalue weighted by Gasteiger charge is -2.02. The van der Waals surface area contributed by atoms with Crippen molar-refractivity contribution in [3.63, 3.8) is 0 Å².